The second-order valence-electron chi connectivity index (χ2n) is 6.66. The number of aryl methyl sites for hydroxylation is 1. The molecule has 1 aliphatic rings. The summed E-state index contributed by atoms with van der Waals surface area (Å²) in [5.41, 5.74) is 3.43. The SMILES string of the molecule is CCn1cc(CN2Cc3cncn3C(COCc3ccccn3)C2)cn1. The highest BCUT2D eigenvalue weighted by Gasteiger charge is 2.25. The predicted molar refractivity (Wildman–Crippen MR) is 97.2 cm³/mol. The molecule has 0 amide bonds. The first kappa shape index (κ1) is 16.9. The van der Waals surface area contributed by atoms with Crippen molar-refractivity contribution in [2.45, 2.75) is 39.2 Å². The van der Waals surface area contributed by atoms with Crippen LogP contribution in [0.15, 0.2) is 49.3 Å². The molecule has 0 N–H and O–H groups in total. The van der Waals surface area contributed by atoms with E-state index in [9.17, 15) is 0 Å². The van der Waals surface area contributed by atoms with Crippen LogP contribution in [0.3, 0.4) is 0 Å². The van der Waals surface area contributed by atoms with E-state index in [2.05, 4.69) is 37.7 Å². The third kappa shape index (κ3) is 3.84. The number of hydrogen-bond acceptors (Lipinski definition) is 5. The van der Waals surface area contributed by atoms with Gasteiger partial charge >= 0.3 is 0 Å². The Morgan fingerprint density at radius 3 is 3.04 bits per heavy atom. The van der Waals surface area contributed by atoms with Gasteiger partial charge in [0.25, 0.3) is 0 Å². The fraction of sp³-hybridized carbons (Fsp3) is 0.421. The summed E-state index contributed by atoms with van der Waals surface area (Å²) in [6.45, 7) is 6.90. The Balaban J connectivity index is 1.39. The molecule has 1 unspecified atom stereocenters. The van der Waals surface area contributed by atoms with E-state index < -0.39 is 0 Å². The van der Waals surface area contributed by atoms with Gasteiger partial charge in [-0.25, -0.2) is 4.98 Å². The Hall–Kier alpha value is -2.51. The molecule has 0 saturated carbocycles. The lowest BCUT2D eigenvalue weighted by atomic mass is 10.2. The van der Waals surface area contributed by atoms with Crippen LogP contribution < -0.4 is 0 Å². The number of pyridine rings is 1. The molecule has 1 aliphatic heterocycles. The van der Waals surface area contributed by atoms with Gasteiger partial charge in [-0.1, -0.05) is 6.07 Å². The number of nitrogens with zero attached hydrogens (tertiary/aromatic N) is 6. The lowest BCUT2D eigenvalue weighted by molar-refractivity contribution is 0.0573. The molecule has 0 saturated heterocycles. The molecular weight excluding hydrogens is 328 g/mol. The summed E-state index contributed by atoms with van der Waals surface area (Å²) in [5.74, 6) is 0. The van der Waals surface area contributed by atoms with E-state index in [1.165, 1.54) is 11.3 Å². The molecule has 3 aromatic rings. The molecule has 3 aromatic heterocycles. The van der Waals surface area contributed by atoms with Crippen molar-refractivity contribution in [2.24, 2.45) is 0 Å². The topological polar surface area (TPSA) is 61.0 Å². The Kier molecular flexibility index (Phi) is 5.08. The molecule has 0 aromatic carbocycles. The minimum absolute atomic E-state index is 0.256. The molecule has 0 spiro atoms. The molecule has 26 heavy (non-hydrogen) atoms. The Labute approximate surface area is 153 Å². The molecule has 4 rings (SSSR count). The zero-order chi connectivity index (χ0) is 17.8. The number of rotatable bonds is 7. The Morgan fingerprint density at radius 1 is 1.27 bits per heavy atom. The van der Waals surface area contributed by atoms with Crippen LogP contribution in [0, 0.1) is 0 Å². The molecule has 7 nitrogen and oxygen atoms in total. The van der Waals surface area contributed by atoms with Gasteiger partial charge < -0.3 is 9.30 Å². The average Bonchev–Trinajstić information content (AvgIpc) is 3.32. The summed E-state index contributed by atoms with van der Waals surface area (Å²) in [5, 5.41) is 4.38. The first-order chi connectivity index (χ1) is 12.8. The second kappa shape index (κ2) is 7.80. The monoisotopic (exact) mass is 352 g/mol. The van der Waals surface area contributed by atoms with Gasteiger partial charge in [0.1, 0.15) is 0 Å². The maximum Gasteiger partial charge on any atom is 0.0952 e. The normalized spacial score (nSPS) is 17.3. The number of ether oxygens (including phenoxy) is 1. The fourth-order valence-corrected chi connectivity index (χ4v) is 3.42. The molecule has 136 valence electrons. The zero-order valence-electron chi connectivity index (χ0n) is 15.0. The molecule has 4 heterocycles. The van der Waals surface area contributed by atoms with Crippen LogP contribution in [-0.4, -0.2) is 42.4 Å². The molecule has 0 aliphatic carbocycles. The van der Waals surface area contributed by atoms with Crippen LogP contribution in [0.25, 0.3) is 0 Å². The van der Waals surface area contributed by atoms with Crippen LogP contribution in [0.4, 0.5) is 0 Å². The molecular formula is C19H24N6O. The zero-order valence-corrected chi connectivity index (χ0v) is 15.0. The largest absolute Gasteiger partial charge is 0.373 e. The minimum atomic E-state index is 0.256. The van der Waals surface area contributed by atoms with Crippen molar-refractivity contribution in [2.75, 3.05) is 13.2 Å². The summed E-state index contributed by atoms with van der Waals surface area (Å²) in [4.78, 5) is 11.1. The lowest BCUT2D eigenvalue weighted by Crippen LogP contribution is -2.38. The Morgan fingerprint density at radius 2 is 2.23 bits per heavy atom. The first-order valence-corrected chi connectivity index (χ1v) is 9.04. The molecule has 1 atom stereocenters. The fourth-order valence-electron chi connectivity index (χ4n) is 3.42. The number of fused-ring (bicyclic) bond motifs is 1. The van der Waals surface area contributed by atoms with E-state index in [0.29, 0.717) is 13.2 Å². The van der Waals surface area contributed by atoms with Crippen LogP contribution in [0.5, 0.6) is 0 Å². The summed E-state index contributed by atoms with van der Waals surface area (Å²) in [6, 6.07) is 6.15. The molecule has 7 heteroatoms. The average molecular weight is 352 g/mol. The highest BCUT2D eigenvalue weighted by molar-refractivity contribution is 5.08. The maximum atomic E-state index is 5.95. The van der Waals surface area contributed by atoms with Crippen molar-refractivity contribution < 1.29 is 4.74 Å². The lowest BCUT2D eigenvalue weighted by Gasteiger charge is -2.34. The van der Waals surface area contributed by atoms with Crippen molar-refractivity contribution in [1.82, 2.24) is 29.2 Å². The smallest absolute Gasteiger partial charge is 0.0952 e. The standard InChI is InChI=1S/C19H24N6O/c1-2-24-10-16(7-22-24)9-23-11-18-8-20-15-25(18)19(12-23)14-26-13-17-5-3-4-6-21-17/h3-8,10,15,19H,2,9,11-14H2,1H3. The maximum absolute atomic E-state index is 5.95. The Bertz CT molecular complexity index is 827. The number of hydrogen-bond donors (Lipinski definition) is 0. The predicted octanol–water partition coefficient (Wildman–Crippen LogP) is 2.27. The summed E-state index contributed by atoms with van der Waals surface area (Å²) < 4.78 is 10.2. The summed E-state index contributed by atoms with van der Waals surface area (Å²) in [7, 11) is 0. The van der Waals surface area contributed by atoms with Crippen LogP contribution in [0.1, 0.15) is 29.9 Å². The van der Waals surface area contributed by atoms with Gasteiger partial charge in [-0.2, -0.15) is 5.10 Å². The van der Waals surface area contributed by atoms with Gasteiger partial charge in [0.05, 0.1) is 43.2 Å². The van der Waals surface area contributed by atoms with Gasteiger partial charge in [0, 0.05) is 50.3 Å². The summed E-state index contributed by atoms with van der Waals surface area (Å²) >= 11 is 0. The quantitative estimate of drug-likeness (QED) is 0.653. The van der Waals surface area contributed by atoms with Crippen molar-refractivity contribution in [3.05, 3.63) is 66.3 Å². The van der Waals surface area contributed by atoms with E-state index in [1.54, 1.807) is 6.20 Å². The highest BCUT2D eigenvalue weighted by atomic mass is 16.5. The van der Waals surface area contributed by atoms with E-state index in [4.69, 9.17) is 4.74 Å². The van der Waals surface area contributed by atoms with Gasteiger partial charge in [0.2, 0.25) is 0 Å². The number of aromatic nitrogens is 5. The molecule has 0 bridgehead atoms. The van der Waals surface area contributed by atoms with Crippen molar-refractivity contribution in [1.29, 1.82) is 0 Å². The van der Waals surface area contributed by atoms with Gasteiger partial charge in [0.15, 0.2) is 0 Å². The number of imidazole rings is 1. The van der Waals surface area contributed by atoms with E-state index >= 15 is 0 Å². The van der Waals surface area contributed by atoms with Crippen molar-refractivity contribution in [3.63, 3.8) is 0 Å². The summed E-state index contributed by atoms with van der Waals surface area (Å²) in [6.07, 6.45) is 9.75. The molecule has 0 radical (unpaired) electrons. The molecule has 0 fully saturated rings. The van der Waals surface area contributed by atoms with Crippen LogP contribution >= 0.6 is 0 Å². The van der Waals surface area contributed by atoms with Gasteiger partial charge in [-0.05, 0) is 19.1 Å². The van der Waals surface area contributed by atoms with Gasteiger partial charge in [-0.3, -0.25) is 14.6 Å². The third-order valence-corrected chi connectivity index (χ3v) is 4.70. The van der Waals surface area contributed by atoms with Crippen LogP contribution in [0.2, 0.25) is 0 Å². The highest BCUT2D eigenvalue weighted by Crippen LogP contribution is 2.23. The van der Waals surface area contributed by atoms with Crippen LogP contribution in [-0.2, 0) is 31.0 Å². The third-order valence-electron chi connectivity index (χ3n) is 4.70. The first-order valence-electron chi connectivity index (χ1n) is 9.04. The van der Waals surface area contributed by atoms with E-state index in [0.717, 1.165) is 31.9 Å². The van der Waals surface area contributed by atoms with E-state index in [-0.39, 0.29) is 6.04 Å². The van der Waals surface area contributed by atoms with Crippen molar-refractivity contribution in [3.8, 4) is 0 Å². The van der Waals surface area contributed by atoms with Gasteiger partial charge in [-0.15, -0.1) is 0 Å². The second-order valence-corrected chi connectivity index (χ2v) is 6.66. The van der Waals surface area contributed by atoms with Crippen molar-refractivity contribution >= 4 is 0 Å². The minimum Gasteiger partial charge on any atom is -0.373 e. The van der Waals surface area contributed by atoms with E-state index in [1.807, 2.05) is 41.6 Å².